The first-order valence-corrected chi connectivity index (χ1v) is 8.79. The van der Waals surface area contributed by atoms with Gasteiger partial charge < -0.3 is 14.8 Å². The van der Waals surface area contributed by atoms with E-state index in [0.717, 1.165) is 28.9 Å². The molecule has 1 heterocycles. The van der Waals surface area contributed by atoms with Crippen LogP contribution in [-0.2, 0) is 29.1 Å². The SMILES string of the molecule is CC(C)OCc1ccc(CNC(=O)[C@@H]2COc3ccccc3C2)cc1. The van der Waals surface area contributed by atoms with Crippen molar-refractivity contribution in [1.82, 2.24) is 5.32 Å². The quantitative estimate of drug-likeness (QED) is 0.876. The molecule has 0 bridgehead atoms. The zero-order chi connectivity index (χ0) is 17.6. The molecule has 1 aliphatic heterocycles. The number of fused-ring (bicyclic) bond motifs is 1. The number of benzene rings is 2. The molecule has 0 spiro atoms. The normalized spacial score (nSPS) is 16.2. The van der Waals surface area contributed by atoms with Gasteiger partial charge >= 0.3 is 0 Å². The molecule has 1 amide bonds. The standard InChI is InChI=1S/C21H25NO3/c1-15(2)24-13-17-9-7-16(8-10-17)12-22-21(23)19-11-18-5-3-4-6-20(18)25-14-19/h3-10,15,19H,11-14H2,1-2H3,(H,22,23)/t19-/m0/s1. The van der Waals surface area contributed by atoms with E-state index in [0.29, 0.717) is 19.8 Å². The topological polar surface area (TPSA) is 47.6 Å². The average Bonchev–Trinajstić information content (AvgIpc) is 2.64. The highest BCUT2D eigenvalue weighted by Crippen LogP contribution is 2.26. The molecule has 132 valence electrons. The van der Waals surface area contributed by atoms with E-state index in [1.165, 1.54) is 0 Å². The molecule has 4 heteroatoms. The fourth-order valence-corrected chi connectivity index (χ4v) is 2.85. The van der Waals surface area contributed by atoms with E-state index in [2.05, 4.69) is 5.32 Å². The Balaban J connectivity index is 1.49. The van der Waals surface area contributed by atoms with E-state index < -0.39 is 0 Å². The lowest BCUT2D eigenvalue weighted by Crippen LogP contribution is -2.37. The number of para-hydroxylation sites is 1. The lowest BCUT2D eigenvalue weighted by Gasteiger charge is -2.24. The molecule has 0 saturated carbocycles. The van der Waals surface area contributed by atoms with Crippen molar-refractivity contribution in [2.24, 2.45) is 5.92 Å². The van der Waals surface area contributed by atoms with Crippen molar-refractivity contribution in [2.45, 2.75) is 39.5 Å². The van der Waals surface area contributed by atoms with Crippen molar-refractivity contribution in [2.75, 3.05) is 6.61 Å². The summed E-state index contributed by atoms with van der Waals surface area (Å²) in [6, 6.07) is 16.1. The van der Waals surface area contributed by atoms with E-state index in [4.69, 9.17) is 9.47 Å². The van der Waals surface area contributed by atoms with Gasteiger partial charge in [0.15, 0.2) is 0 Å². The Morgan fingerprint density at radius 2 is 1.88 bits per heavy atom. The third-order valence-corrected chi connectivity index (χ3v) is 4.32. The molecule has 0 aromatic heterocycles. The van der Waals surface area contributed by atoms with E-state index in [9.17, 15) is 4.79 Å². The molecule has 0 fully saturated rings. The van der Waals surface area contributed by atoms with Crippen LogP contribution in [0.15, 0.2) is 48.5 Å². The van der Waals surface area contributed by atoms with Crippen LogP contribution in [0.5, 0.6) is 5.75 Å². The molecule has 2 aromatic rings. The number of hydrogen-bond donors (Lipinski definition) is 1. The summed E-state index contributed by atoms with van der Waals surface area (Å²) in [6.45, 7) is 5.63. The van der Waals surface area contributed by atoms with Gasteiger partial charge in [-0.3, -0.25) is 4.79 Å². The van der Waals surface area contributed by atoms with Crippen molar-refractivity contribution in [3.8, 4) is 5.75 Å². The van der Waals surface area contributed by atoms with Crippen LogP contribution < -0.4 is 10.1 Å². The first-order valence-electron chi connectivity index (χ1n) is 8.79. The van der Waals surface area contributed by atoms with Gasteiger partial charge in [0.2, 0.25) is 5.91 Å². The second-order valence-electron chi connectivity index (χ2n) is 6.71. The van der Waals surface area contributed by atoms with Gasteiger partial charge in [0.1, 0.15) is 12.4 Å². The second kappa shape index (κ2) is 8.17. The van der Waals surface area contributed by atoms with Crippen LogP contribution in [0, 0.1) is 5.92 Å². The summed E-state index contributed by atoms with van der Waals surface area (Å²) in [5.41, 5.74) is 3.32. The number of amides is 1. The third kappa shape index (κ3) is 4.83. The van der Waals surface area contributed by atoms with Crippen molar-refractivity contribution in [1.29, 1.82) is 0 Å². The fraction of sp³-hybridized carbons (Fsp3) is 0.381. The maximum Gasteiger partial charge on any atom is 0.227 e. The van der Waals surface area contributed by atoms with Gasteiger partial charge in [-0.1, -0.05) is 42.5 Å². The Bertz CT molecular complexity index is 709. The molecule has 4 nitrogen and oxygen atoms in total. The maximum atomic E-state index is 12.4. The monoisotopic (exact) mass is 339 g/mol. The molecule has 0 aliphatic carbocycles. The number of rotatable bonds is 6. The lowest BCUT2D eigenvalue weighted by molar-refractivity contribution is -0.126. The van der Waals surface area contributed by atoms with Gasteiger partial charge in [-0.05, 0) is 43.0 Å². The van der Waals surface area contributed by atoms with Crippen LogP contribution in [0.3, 0.4) is 0 Å². The van der Waals surface area contributed by atoms with E-state index >= 15 is 0 Å². The van der Waals surface area contributed by atoms with Crippen LogP contribution in [0.1, 0.15) is 30.5 Å². The zero-order valence-corrected chi connectivity index (χ0v) is 14.8. The minimum absolute atomic E-state index is 0.0433. The van der Waals surface area contributed by atoms with Gasteiger partial charge in [0.05, 0.1) is 18.6 Å². The highest BCUT2D eigenvalue weighted by atomic mass is 16.5. The van der Waals surface area contributed by atoms with Crippen LogP contribution in [-0.4, -0.2) is 18.6 Å². The predicted molar refractivity (Wildman–Crippen MR) is 97.3 cm³/mol. The van der Waals surface area contributed by atoms with Gasteiger partial charge in [0, 0.05) is 6.54 Å². The van der Waals surface area contributed by atoms with Gasteiger partial charge in [-0.2, -0.15) is 0 Å². The summed E-state index contributed by atoms with van der Waals surface area (Å²) in [6.07, 6.45) is 0.954. The van der Waals surface area contributed by atoms with Crippen molar-refractivity contribution in [3.05, 3.63) is 65.2 Å². The van der Waals surface area contributed by atoms with Gasteiger partial charge in [0.25, 0.3) is 0 Å². The molecule has 0 unspecified atom stereocenters. The van der Waals surface area contributed by atoms with Crippen LogP contribution in [0.4, 0.5) is 0 Å². The zero-order valence-electron chi connectivity index (χ0n) is 14.8. The predicted octanol–water partition coefficient (Wildman–Crippen LogP) is 3.48. The van der Waals surface area contributed by atoms with E-state index in [1.807, 2.05) is 62.4 Å². The van der Waals surface area contributed by atoms with Crippen molar-refractivity contribution < 1.29 is 14.3 Å². The summed E-state index contributed by atoms with van der Waals surface area (Å²) in [5, 5.41) is 3.02. The molecular formula is C21H25NO3. The molecule has 25 heavy (non-hydrogen) atoms. The van der Waals surface area contributed by atoms with Crippen LogP contribution in [0.25, 0.3) is 0 Å². The van der Waals surface area contributed by atoms with Crippen molar-refractivity contribution >= 4 is 5.91 Å². The molecule has 0 radical (unpaired) electrons. The first-order chi connectivity index (χ1) is 12.1. The van der Waals surface area contributed by atoms with E-state index in [-0.39, 0.29) is 17.9 Å². The Kier molecular flexibility index (Phi) is 5.71. The third-order valence-electron chi connectivity index (χ3n) is 4.32. The minimum atomic E-state index is -0.131. The highest BCUT2D eigenvalue weighted by Gasteiger charge is 2.25. The number of nitrogens with one attached hydrogen (secondary N) is 1. The highest BCUT2D eigenvalue weighted by molar-refractivity contribution is 5.79. The maximum absolute atomic E-state index is 12.4. The summed E-state index contributed by atoms with van der Waals surface area (Å²) in [5.74, 6) is 0.807. The number of carbonyl (C=O) groups excluding carboxylic acids is 1. The number of hydrogen-bond acceptors (Lipinski definition) is 3. The Labute approximate surface area is 149 Å². The molecule has 2 aromatic carbocycles. The average molecular weight is 339 g/mol. The van der Waals surface area contributed by atoms with Crippen molar-refractivity contribution in [3.63, 3.8) is 0 Å². The second-order valence-corrected chi connectivity index (χ2v) is 6.71. The molecule has 1 aliphatic rings. The Morgan fingerprint density at radius 3 is 2.64 bits per heavy atom. The fourth-order valence-electron chi connectivity index (χ4n) is 2.85. The number of carbonyl (C=O) groups is 1. The molecule has 1 N–H and O–H groups in total. The van der Waals surface area contributed by atoms with Crippen LogP contribution in [0.2, 0.25) is 0 Å². The van der Waals surface area contributed by atoms with Gasteiger partial charge in [-0.15, -0.1) is 0 Å². The minimum Gasteiger partial charge on any atom is -0.492 e. The first kappa shape index (κ1) is 17.5. The summed E-state index contributed by atoms with van der Waals surface area (Å²) >= 11 is 0. The van der Waals surface area contributed by atoms with E-state index in [1.54, 1.807) is 0 Å². The molecule has 3 rings (SSSR count). The Morgan fingerprint density at radius 1 is 1.16 bits per heavy atom. The summed E-state index contributed by atoms with van der Waals surface area (Å²) in [4.78, 5) is 12.4. The molecular weight excluding hydrogens is 314 g/mol. The largest absolute Gasteiger partial charge is 0.492 e. The number of ether oxygens (including phenoxy) is 2. The summed E-state index contributed by atoms with van der Waals surface area (Å²) < 4.78 is 11.3. The smallest absolute Gasteiger partial charge is 0.227 e. The molecule has 1 atom stereocenters. The summed E-state index contributed by atoms with van der Waals surface area (Å²) in [7, 11) is 0. The van der Waals surface area contributed by atoms with Gasteiger partial charge in [-0.25, -0.2) is 0 Å². The molecule has 0 saturated heterocycles. The Hall–Kier alpha value is -2.33. The lowest BCUT2D eigenvalue weighted by atomic mass is 9.96. The van der Waals surface area contributed by atoms with Crippen LogP contribution >= 0.6 is 0 Å².